The van der Waals surface area contributed by atoms with Gasteiger partial charge in [0.2, 0.25) is 0 Å². The molecule has 0 saturated carbocycles. The normalized spacial score (nSPS) is 24.7. The van der Waals surface area contributed by atoms with Crippen LogP contribution in [0.3, 0.4) is 0 Å². The van der Waals surface area contributed by atoms with E-state index in [0.29, 0.717) is 6.04 Å². The van der Waals surface area contributed by atoms with Crippen LogP contribution in [0.25, 0.3) is 11.0 Å². The lowest BCUT2D eigenvalue weighted by atomic mass is 10.1. The molecule has 2 fully saturated rings. The molecule has 2 aromatic heterocycles. The van der Waals surface area contributed by atoms with Crippen LogP contribution in [0.5, 0.6) is 0 Å². The highest BCUT2D eigenvalue weighted by atomic mass is 28.4. The van der Waals surface area contributed by atoms with Gasteiger partial charge in [0.05, 0.1) is 0 Å². The minimum absolute atomic E-state index is 0.0149. The first-order chi connectivity index (χ1) is 16.0. The molecule has 3 atom stereocenters. The summed E-state index contributed by atoms with van der Waals surface area (Å²) in [7, 11) is 0.0394. The average Bonchev–Trinajstić information content (AvgIpc) is 3.17. The van der Waals surface area contributed by atoms with Crippen molar-refractivity contribution >= 4 is 25.2 Å². The number of nitrogens with one attached hydrogen (secondary N) is 1. The van der Waals surface area contributed by atoms with Gasteiger partial charge in [-0.1, -0.05) is 20.8 Å². The summed E-state index contributed by atoms with van der Waals surface area (Å²) >= 11 is 0. The molecule has 2 aliphatic heterocycles. The molecule has 2 aromatic rings. The van der Waals surface area contributed by atoms with Crippen LogP contribution in [0.2, 0.25) is 18.1 Å². The van der Waals surface area contributed by atoms with Gasteiger partial charge >= 0.3 is 0 Å². The fourth-order valence-electron chi connectivity index (χ4n) is 4.77. The number of hydrogen-bond donors (Lipinski definition) is 1. The Morgan fingerprint density at radius 2 is 2.03 bits per heavy atom. The van der Waals surface area contributed by atoms with Gasteiger partial charge in [-0.2, -0.15) is 5.10 Å². The Bertz CT molecular complexity index is 1050. The Hall–Kier alpha value is -1.68. The van der Waals surface area contributed by atoms with Crippen molar-refractivity contribution in [2.24, 2.45) is 7.05 Å². The molecule has 0 bridgehead atoms. The van der Waals surface area contributed by atoms with Gasteiger partial charge in [0.15, 0.2) is 20.4 Å². The number of aryl methyl sites for hydroxylation is 1. The minimum atomic E-state index is -1.81. The van der Waals surface area contributed by atoms with Crippen LogP contribution in [0.15, 0.2) is 16.9 Å². The summed E-state index contributed by atoms with van der Waals surface area (Å²) in [6.07, 6.45) is 3.98. The van der Waals surface area contributed by atoms with E-state index >= 15 is 0 Å². The van der Waals surface area contributed by atoms with Gasteiger partial charge < -0.3 is 23.9 Å². The maximum absolute atomic E-state index is 12.6. The monoisotopic (exact) mass is 489 g/mol. The lowest BCUT2D eigenvalue weighted by Gasteiger charge is -2.42. The molecule has 0 spiro atoms. The van der Waals surface area contributed by atoms with Gasteiger partial charge in [-0.25, -0.2) is 4.68 Å². The van der Waals surface area contributed by atoms with E-state index in [1.165, 1.54) is 0 Å². The lowest BCUT2D eigenvalue weighted by Crippen LogP contribution is -2.57. The molecule has 0 amide bonds. The van der Waals surface area contributed by atoms with E-state index in [9.17, 15) is 4.79 Å². The second-order valence-corrected chi connectivity index (χ2v) is 16.4. The summed E-state index contributed by atoms with van der Waals surface area (Å²) in [5.74, 6) is 1.01. The van der Waals surface area contributed by atoms with E-state index in [2.05, 4.69) is 55.7 Å². The minimum Gasteiger partial charge on any atom is -0.417 e. The standard InChI is InChI=1S/C25H43N5O3Si/c1-18-17-29(19(16-26-18)13-15-33-34(6,7)25(2,3)4)24-23-20(11-12-21(31)28(23)5)27-30(24)22-10-8-9-14-32-22/h11-12,18-19,22,26H,8-10,13-17H2,1-7H3/t18-,19+,22?/m1/s1. The van der Waals surface area contributed by atoms with Crippen LogP contribution >= 0.6 is 0 Å². The number of fused-ring (bicyclic) bond motifs is 1. The molecular weight excluding hydrogens is 446 g/mol. The second-order valence-electron chi connectivity index (χ2n) is 11.6. The predicted molar refractivity (Wildman–Crippen MR) is 140 cm³/mol. The molecule has 0 aliphatic carbocycles. The second kappa shape index (κ2) is 9.76. The fraction of sp³-hybridized carbons (Fsp3) is 0.760. The van der Waals surface area contributed by atoms with E-state index in [1.54, 1.807) is 10.6 Å². The van der Waals surface area contributed by atoms with Gasteiger partial charge in [-0.15, -0.1) is 0 Å². The van der Waals surface area contributed by atoms with E-state index in [4.69, 9.17) is 14.3 Å². The van der Waals surface area contributed by atoms with Crippen LogP contribution < -0.4 is 15.8 Å². The Labute approximate surface area is 204 Å². The molecule has 0 radical (unpaired) electrons. The molecule has 0 aromatic carbocycles. The summed E-state index contributed by atoms with van der Waals surface area (Å²) in [6.45, 7) is 16.9. The lowest BCUT2D eigenvalue weighted by molar-refractivity contribution is -0.0383. The average molecular weight is 490 g/mol. The number of aromatic nitrogens is 3. The van der Waals surface area contributed by atoms with Crippen LogP contribution in [0.1, 0.15) is 59.6 Å². The largest absolute Gasteiger partial charge is 0.417 e. The molecule has 2 saturated heterocycles. The number of piperazine rings is 1. The SMILES string of the molecule is C[C@@H]1CN(c2c3c(ccc(=O)n3C)nn2C2CCCCO2)[C@@H](CCO[Si](C)(C)C(C)(C)C)CN1. The number of rotatable bonds is 6. The van der Waals surface area contributed by atoms with Crippen molar-refractivity contribution in [1.29, 1.82) is 0 Å². The van der Waals surface area contributed by atoms with Crippen LogP contribution in [0.4, 0.5) is 5.82 Å². The van der Waals surface area contributed by atoms with Crippen molar-refractivity contribution in [3.05, 3.63) is 22.5 Å². The fourth-order valence-corrected chi connectivity index (χ4v) is 5.83. The van der Waals surface area contributed by atoms with Gasteiger partial charge in [0, 0.05) is 51.5 Å². The summed E-state index contributed by atoms with van der Waals surface area (Å²) in [5, 5.41) is 8.82. The summed E-state index contributed by atoms with van der Waals surface area (Å²) < 4.78 is 16.5. The summed E-state index contributed by atoms with van der Waals surface area (Å²) in [5.41, 5.74) is 1.72. The molecule has 1 unspecified atom stereocenters. The zero-order valence-corrected chi connectivity index (χ0v) is 23.1. The number of nitrogens with zero attached hydrogens (tertiary/aromatic N) is 4. The van der Waals surface area contributed by atoms with Crippen molar-refractivity contribution in [3.63, 3.8) is 0 Å². The maximum atomic E-state index is 12.6. The van der Waals surface area contributed by atoms with Crippen molar-refractivity contribution in [3.8, 4) is 0 Å². The first-order valence-electron chi connectivity index (χ1n) is 12.8. The van der Waals surface area contributed by atoms with Crippen LogP contribution in [-0.4, -0.2) is 61.1 Å². The van der Waals surface area contributed by atoms with Gasteiger partial charge in [-0.05, 0) is 56.8 Å². The zero-order chi connectivity index (χ0) is 24.7. The molecule has 4 heterocycles. The van der Waals surface area contributed by atoms with Crippen molar-refractivity contribution in [2.75, 3.05) is 31.2 Å². The molecule has 9 heteroatoms. The molecule has 34 heavy (non-hydrogen) atoms. The Morgan fingerprint density at radius 3 is 2.71 bits per heavy atom. The first-order valence-corrected chi connectivity index (χ1v) is 15.7. The third kappa shape index (κ3) is 4.98. The third-order valence-corrected chi connectivity index (χ3v) is 12.5. The molecule has 1 N–H and O–H groups in total. The van der Waals surface area contributed by atoms with E-state index in [-0.39, 0.29) is 22.9 Å². The summed E-state index contributed by atoms with van der Waals surface area (Å²) in [6, 6.07) is 4.04. The predicted octanol–water partition coefficient (Wildman–Crippen LogP) is 4.01. The highest BCUT2D eigenvalue weighted by Gasteiger charge is 2.38. The van der Waals surface area contributed by atoms with E-state index in [1.807, 2.05) is 13.1 Å². The number of pyridine rings is 1. The molecule has 4 rings (SSSR count). The van der Waals surface area contributed by atoms with Crippen molar-refractivity contribution in [2.45, 2.75) is 89.8 Å². The van der Waals surface area contributed by atoms with Crippen LogP contribution in [0, 0.1) is 0 Å². The Balaban J connectivity index is 1.70. The highest BCUT2D eigenvalue weighted by molar-refractivity contribution is 6.74. The van der Waals surface area contributed by atoms with Crippen LogP contribution in [-0.2, 0) is 16.2 Å². The first kappa shape index (κ1) is 25.4. The highest BCUT2D eigenvalue weighted by Crippen LogP contribution is 2.38. The molecule has 2 aliphatic rings. The zero-order valence-electron chi connectivity index (χ0n) is 22.1. The van der Waals surface area contributed by atoms with E-state index in [0.717, 1.165) is 68.8 Å². The van der Waals surface area contributed by atoms with Crippen molar-refractivity contribution in [1.82, 2.24) is 19.7 Å². The molecule has 8 nitrogen and oxygen atoms in total. The van der Waals surface area contributed by atoms with E-state index < -0.39 is 8.32 Å². The maximum Gasteiger partial charge on any atom is 0.250 e. The number of hydrogen-bond acceptors (Lipinski definition) is 6. The summed E-state index contributed by atoms with van der Waals surface area (Å²) in [4.78, 5) is 15.1. The van der Waals surface area contributed by atoms with Gasteiger partial charge in [0.25, 0.3) is 5.56 Å². The molecular formula is C25H43N5O3Si. The Morgan fingerprint density at radius 1 is 1.26 bits per heavy atom. The number of anilines is 1. The van der Waals surface area contributed by atoms with Gasteiger partial charge in [-0.3, -0.25) is 4.79 Å². The molecule has 190 valence electrons. The quantitative estimate of drug-likeness (QED) is 0.618. The van der Waals surface area contributed by atoms with Crippen molar-refractivity contribution < 1.29 is 9.16 Å². The van der Waals surface area contributed by atoms with Gasteiger partial charge in [0.1, 0.15) is 11.0 Å². The third-order valence-electron chi connectivity index (χ3n) is 7.97. The smallest absolute Gasteiger partial charge is 0.250 e. The topological polar surface area (TPSA) is 73.6 Å². The number of ether oxygens (including phenoxy) is 1. The Kier molecular flexibility index (Phi) is 7.29.